The molecule has 1 aromatic rings. The summed E-state index contributed by atoms with van der Waals surface area (Å²) in [6, 6.07) is 9.87. The Balaban J connectivity index is 1.55. The van der Waals surface area contributed by atoms with Crippen LogP contribution in [0.25, 0.3) is 0 Å². The topological polar surface area (TPSA) is 68.2 Å². The minimum absolute atomic E-state index is 0.0447. The molecule has 1 aromatic carbocycles. The zero-order valence-electron chi connectivity index (χ0n) is 15.7. The first-order valence-corrected chi connectivity index (χ1v) is 9.34. The van der Waals surface area contributed by atoms with Gasteiger partial charge in [0.15, 0.2) is 0 Å². The average molecular weight is 360 g/mol. The third-order valence-corrected chi connectivity index (χ3v) is 6.18. The van der Waals surface area contributed by atoms with Gasteiger partial charge in [0.2, 0.25) is 5.79 Å². The van der Waals surface area contributed by atoms with E-state index in [1.54, 1.807) is 6.92 Å². The highest BCUT2D eigenvalue weighted by Crippen LogP contribution is 2.54. The van der Waals surface area contributed by atoms with Crippen LogP contribution in [0.3, 0.4) is 0 Å². The molecule has 0 spiro atoms. The highest BCUT2D eigenvalue weighted by Gasteiger charge is 2.63. The van der Waals surface area contributed by atoms with E-state index in [1.165, 1.54) is 0 Å². The van der Waals surface area contributed by atoms with E-state index >= 15 is 0 Å². The van der Waals surface area contributed by atoms with Gasteiger partial charge in [-0.05, 0) is 36.3 Å². The summed E-state index contributed by atoms with van der Waals surface area (Å²) in [5.74, 6) is -1.68. The number of aliphatic hydroxyl groups is 2. The smallest absolute Gasteiger partial charge is 0.221 e. The lowest BCUT2D eigenvalue weighted by Gasteiger charge is -2.51. The van der Waals surface area contributed by atoms with E-state index in [9.17, 15) is 10.2 Å². The van der Waals surface area contributed by atoms with Gasteiger partial charge in [-0.2, -0.15) is 0 Å². The number of rotatable bonds is 4. The van der Waals surface area contributed by atoms with E-state index in [2.05, 4.69) is 13.8 Å². The summed E-state index contributed by atoms with van der Waals surface area (Å²) in [6.07, 6.45) is 0.327. The fourth-order valence-corrected chi connectivity index (χ4v) is 4.53. The number of hydrogen-bond acceptors (Lipinski definition) is 5. The SMILES string of the molecule is CC1(C)CC[C@H]2O[C@@](C)(COCc3ccccc3)[C@H](O)[C@@]3(O)OCC1=C23. The van der Waals surface area contributed by atoms with Gasteiger partial charge in [-0.15, -0.1) is 0 Å². The number of benzene rings is 1. The summed E-state index contributed by atoms with van der Waals surface area (Å²) in [6.45, 7) is 7.05. The summed E-state index contributed by atoms with van der Waals surface area (Å²) in [5, 5.41) is 22.2. The van der Waals surface area contributed by atoms with Crippen molar-refractivity contribution in [2.24, 2.45) is 5.41 Å². The lowest BCUT2D eigenvalue weighted by Crippen LogP contribution is -2.66. The van der Waals surface area contributed by atoms with E-state index in [0.717, 1.165) is 29.6 Å². The quantitative estimate of drug-likeness (QED) is 0.808. The molecule has 1 fully saturated rings. The minimum atomic E-state index is -1.68. The fraction of sp³-hybridized carbons (Fsp3) is 0.619. The third-order valence-electron chi connectivity index (χ3n) is 6.18. The monoisotopic (exact) mass is 360 g/mol. The first-order chi connectivity index (χ1) is 12.3. The lowest BCUT2D eigenvalue weighted by molar-refractivity contribution is -0.311. The minimum Gasteiger partial charge on any atom is -0.384 e. The second kappa shape index (κ2) is 6.14. The first kappa shape index (κ1) is 18.1. The first-order valence-electron chi connectivity index (χ1n) is 9.34. The molecule has 142 valence electrons. The molecule has 0 saturated carbocycles. The van der Waals surface area contributed by atoms with Gasteiger partial charge >= 0.3 is 0 Å². The Morgan fingerprint density at radius 1 is 1.19 bits per heavy atom. The van der Waals surface area contributed by atoms with Gasteiger partial charge in [-0.1, -0.05) is 44.2 Å². The maximum atomic E-state index is 11.2. The third kappa shape index (κ3) is 2.74. The molecular weight excluding hydrogens is 332 g/mol. The summed E-state index contributed by atoms with van der Waals surface area (Å²) in [7, 11) is 0. The van der Waals surface area contributed by atoms with E-state index in [1.807, 2.05) is 30.3 Å². The average Bonchev–Trinajstić information content (AvgIpc) is 2.98. The maximum absolute atomic E-state index is 11.2. The van der Waals surface area contributed by atoms with Crippen LogP contribution in [0.5, 0.6) is 0 Å². The Labute approximate surface area is 154 Å². The molecule has 26 heavy (non-hydrogen) atoms. The van der Waals surface area contributed by atoms with Crippen molar-refractivity contribution in [1.29, 1.82) is 0 Å². The Bertz CT molecular complexity index is 712. The zero-order valence-corrected chi connectivity index (χ0v) is 15.7. The molecule has 1 saturated heterocycles. The molecule has 0 bridgehead atoms. The largest absolute Gasteiger partial charge is 0.384 e. The standard InChI is InChI=1S/C21H28O5/c1-19(2)10-9-16-17-15(19)12-25-21(17,23)18(22)20(3,26-16)13-24-11-14-7-5-4-6-8-14/h4-8,16,18,22-23H,9-13H2,1-3H3/t16-,18+,20+,21+/m1/s1. The van der Waals surface area contributed by atoms with Gasteiger partial charge in [0, 0.05) is 5.57 Å². The van der Waals surface area contributed by atoms with Crippen molar-refractivity contribution in [1.82, 2.24) is 0 Å². The van der Waals surface area contributed by atoms with E-state index < -0.39 is 17.5 Å². The van der Waals surface area contributed by atoms with E-state index in [-0.39, 0.29) is 18.1 Å². The van der Waals surface area contributed by atoms with Crippen molar-refractivity contribution in [2.75, 3.05) is 13.2 Å². The summed E-state index contributed by atoms with van der Waals surface area (Å²) in [5.41, 5.74) is 1.79. The zero-order chi connectivity index (χ0) is 18.6. The van der Waals surface area contributed by atoms with Crippen LogP contribution in [0.4, 0.5) is 0 Å². The molecule has 2 N–H and O–H groups in total. The van der Waals surface area contributed by atoms with Crippen LogP contribution in [-0.2, 0) is 20.8 Å². The van der Waals surface area contributed by atoms with Gasteiger partial charge in [-0.25, -0.2) is 0 Å². The molecule has 1 aliphatic carbocycles. The maximum Gasteiger partial charge on any atom is 0.221 e. The summed E-state index contributed by atoms with van der Waals surface area (Å²) < 4.78 is 17.9. The van der Waals surface area contributed by atoms with Crippen LogP contribution in [0.15, 0.2) is 41.5 Å². The van der Waals surface area contributed by atoms with Crippen molar-refractivity contribution in [2.45, 2.75) is 63.8 Å². The molecule has 4 atom stereocenters. The van der Waals surface area contributed by atoms with Crippen LogP contribution < -0.4 is 0 Å². The van der Waals surface area contributed by atoms with Crippen LogP contribution in [-0.4, -0.2) is 47.0 Å². The van der Waals surface area contributed by atoms with Crippen LogP contribution in [0, 0.1) is 5.41 Å². The molecular formula is C21H28O5. The Hall–Kier alpha value is -1.24. The van der Waals surface area contributed by atoms with Crippen molar-refractivity contribution >= 4 is 0 Å². The van der Waals surface area contributed by atoms with Crippen LogP contribution in [0.1, 0.15) is 39.2 Å². The van der Waals surface area contributed by atoms with Crippen molar-refractivity contribution < 1.29 is 24.4 Å². The molecule has 2 heterocycles. The molecule has 0 aromatic heterocycles. The van der Waals surface area contributed by atoms with E-state index in [0.29, 0.717) is 13.2 Å². The Morgan fingerprint density at radius 2 is 1.92 bits per heavy atom. The highest BCUT2D eigenvalue weighted by molar-refractivity contribution is 5.40. The lowest BCUT2D eigenvalue weighted by atomic mass is 9.68. The van der Waals surface area contributed by atoms with Gasteiger partial charge in [0.05, 0.1) is 25.9 Å². The number of hydrogen-bond donors (Lipinski definition) is 2. The fourth-order valence-electron chi connectivity index (χ4n) is 4.53. The molecule has 4 rings (SSSR count). The van der Waals surface area contributed by atoms with Crippen molar-refractivity contribution in [3.63, 3.8) is 0 Å². The van der Waals surface area contributed by atoms with Crippen LogP contribution >= 0.6 is 0 Å². The van der Waals surface area contributed by atoms with Gasteiger partial charge in [0.25, 0.3) is 0 Å². The molecule has 5 heteroatoms. The summed E-state index contributed by atoms with van der Waals surface area (Å²) >= 11 is 0. The molecule has 0 amide bonds. The predicted octanol–water partition coefficient (Wildman–Crippen LogP) is 2.56. The second-order valence-corrected chi connectivity index (χ2v) is 8.60. The Kier molecular flexibility index (Phi) is 4.29. The number of ether oxygens (including phenoxy) is 3. The molecule has 5 nitrogen and oxygen atoms in total. The molecule has 0 radical (unpaired) electrons. The van der Waals surface area contributed by atoms with Crippen LogP contribution in [0.2, 0.25) is 0 Å². The molecule has 0 unspecified atom stereocenters. The predicted molar refractivity (Wildman–Crippen MR) is 96.3 cm³/mol. The molecule has 3 aliphatic rings. The summed E-state index contributed by atoms with van der Waals surface area (Å²) in [4.78, 5) is 0. The van der Waals surface area contributed by atoms with Gasteiger partial charge in [-0.3, -0.25) is 0 Å². The highest BCUT2D eigenvalue weighted by atomic mass is 16.7. The molecule has 2 aliphatic heterocycles. The van der Waals surface area contributed by atoms with Crippen molar-refractivity contribution in [3.8, 4) is 0 Å². The number of aliphatic hydroxyl groups excluding tert-OH is 1. The van der Waals surface area contributed by atoms with Crippen molar-refractivity contribution in [3.05, 3.63) is 47.0 Å². The van der Waals surface area contributed by atoms with E-state index in [4.69, 9.17) is 14.2 Å². The second-order valence-electron chi connectivity index (χ2n) is 8.60. The van der Waals surface area contributed by atoms with Gasteiger partial charge in [0.1, 0.15) is 11.7 Å². The normalized spacial score (nSPS) is 38.3. The van der Waals surface area contributed by atoms with Gasteiger partial charge < -0.3 is 24.4 Å². The Morgan fingerprint density at radius 3 is 2.65 bits per heavy atom.